The first-order chi connectivity index (χ1) is 14.7. The fraction of sp³-hybridized carbons (Fsp3) is 0.611. The Morgan fingerprint density at radius 1 is 1.38 bits per heavy atom. The number of ether oxygens (including phenoxy) is 2. The van der Waals surface area contributed by atoms with Crippen molar-refractivity contribution >= 4 is 21.7 Å². The van der Waals surface area contributed by atoms with Gasteiger partial charge >= 0.3 is 12.1 Å². The number of alkyl halides is 3. The normalized spacial score (nSPS) is 20.0. The van der Waals surface area contributed by atoms with Crippen LogP contribution in [0.2, 0.25) is 0 Å². The molecule has 0 bridgehead atoms. The number of hydrogen-bond acceptors (Lipinski definition) is 7. The predicted molar refractivity (Wildman–Crippen MR) is 101 cm³/mol. The summed E-state index contributed by atoms with van der Waals surface area (Å²) >= 11 is 0. The molecule has 0 aliphatic carbocycles. The zero-order valence-electron chi connectivity index (χ0n) is 17.0. The molecule has 1 aromatic rings. The lowest BCUT2D eigenvalue weighted by Gasteiger charge is -2.52. The number of amides is 1. The van der Waals surface area contributed by atoms with Crippen molar-refractivity contribution in [1.82, 2.24) is 9.88 Å². The summed E-state index contributed by atoms with van der Waals surface area (Å²) in [6.07, 6.45) is -1.58. The topological polar surface area (TPSA) is 123 Å². The van der Waals surface area contributed by atoms with Crippen LogP contribution in [0, 0.1) is 5.82 Å². The molecule has 180 valence electrons. The van der Waals surface area contributed by atoms with Gasteiger partial charge in [-0.15, -0.1) is 0 Å². The summed E-state index contributed by atoms with van der Waals surface area (Å²) < 4.78 is 79.2. The lowest BCUT2D eigenvalue weighted by molar-refractivity contribution is -0.193. The first-order valence-electron chi connectivity index (χ1n) is 9.37. The molecule has 2 aliphatic heterocycles. The van der Waals surface area contributed by atoms with Crippen molar-refractivity contribution in [2.75, 3.05) is 31.7 Å². The van der Waals surface area contributed by atoms with Crippen LogP contribution in [0.4, 0.5) is 17.6 Å². The molecule has 2 saturated heterocycles. The van der Waals surface area contributed by atoms with Crippen molar-refractivity contribution < 1.29 is 50.1 Å². The molecular weight excluding hydrogens is 464 g/mol. The highest BCUT2D eigenvalue weighted by Gasteiger charge is 2.49. The second kappa shape index (κ2) is 9.98. The van der Waals surface area contributed by atoms with Gasteiger partial charge in [0.25, 0.3) is 5.88 Å². The average Bonchev–Trinajstić information content (AvgIpc) is 2.65. The van der Waals surface area contributed by atoms with Gasteiger partial charge in [-0.3, -0.25) is 4.79 Å². The van der Waals surface area contributed by atoms with Gasteiger partial charge in [0.1, 0.15) is 21.5 Å². The minimum absolute atomic E-state index is 0.0199. The van der Waals surface area contributed by atoms with E-state index in [0.717, 1.165) is 6.26 Å². The van der Waals surface area contributed by atoms with Gasteiger partial charge in [0.05, 0.1) is 25.4 Å². The SMILES string of the molecule is CS(=O)(=O)CCC(=O)N1CC2(CC(Oc3ncccc3F)CCO2)C1.O=C(O)C(F)(F)F. The monoisotopic (exact) mass is 486 g/mol. The second-order valence-corrected chi connectivity index (χ2v) is 9.75. The van der Waals surface area contributed by atoms with Crippen LogP contribution in [0.1, 0.15) is 19.3 Å². The average molecular weight is 486 g/mol. The van der Waals surface area contributed by atoms with Crippen LogP contribution in [0.15, 0.2) is 18.3 Å². The van der Waals surface area contributed by atoms with E-state index < -0.39 is 33.4 Å². The van der Waals surface area contributed by atoms with Gasteiger partial charge in [0, 0.05) is 31.7 Å². The molecule has 3 rings (SSSR count). The van der Waals surface area contributed by atoms with E-state index in [9.17, 15) is 30.8 Å². The summed E-state index contributed by atoms with van der Waals surface area (Å²) in [4.78, 5) is 26.4. The zero-order valence-corrected chi connectivity index (χ0v) is 17.8. The van der Waals surface area contributed by atoms with Crippen molar-refractivity contribution in [2.24, 2.45) is 0 Å². The van der Waals surface area contributed by atoms with Crippen molar-refractivity contribution in [1.29, 1.82) is 0 Å². The van der Waals surface area contributed by atoms with Crippen molar-refractivity contribution in [3.8, 4) is 5.88 Å². The van der Waals surface area contributed by atoms with Gasteiger partial charge in [0.2, 0.25) is 5.91 Å². The summed E-state index contributed by atoms with van der Waals surface area (Å²) in [6.45, 7) is 1.27. The largest absolute Gasteiger partial charge is 0.490 e. The molecule has 1 unspecified atom stereocenters. The van der Waals surface area contributed by atoms with Gasteiger partial charge in [-0.05, 0) is 12.1 Å². The first kappa shape index (κ1) is 25.8. The number of carboxylic acid groups (broad SMARTS) is 1. The van der Waals surface area contributed by atoms with E-state index in [-0.39, 0.29) is 30.1 Å². The summed E-state index contributed by atoms with van der Waals surface area (Å²) in [5.74, 6) is -3.63. The fourth-order valence-corrected chi connectivity index (χ4v) is 3.72. The Hall–Kier alpha value is -2.48. The molecule has 14 heteroatoms. The molecule has 2 fully saturated rings. The molecule has 0 radical (unpaired) electrons. The second-order valence-electron chi connectivity index (χ2n) is 7.49. The molecule has 32 heavy (non-hydrogen) atoms. The minimum Gasteiger partial charge on any atom is -0.475 e. The van der Waals surface area contributed by atoms with Crippen LogP contribution in [0.25, 0.3) is 0 Å². The smallest absolute Gasteiger partial charge is 0.475 e. The fourth-order valence-electron chi connectivity index (χ4n) is 3.18. The van der Waals surface area contributed by atoms with Gasteiger partial charge < -0.3 is 19.5 Å². The maximum absolute atomic E-state index is 13.7. The summed E-state index contributed by atoms with van der Waals surface area (Å²) in [7, 11) is -3.16. The Labute approximate surface area is 181 Å². The lowest BCUT2D eigenvalue weighted by atomic mass is 9.84. The molecule has 0 aromatic carbocycles. The molecule has 1 amide bonds. The Morgan fingerprint density at radius 3 is 2.53 bits per heavy atom. The van der Waals surface area contributed by atoms with E-state index >= 15 is 0 Å². The molecule has 1 N–H and O–H groups in total. The molecule has 2 aliphatic rings. The number of halogens is 4. The van der Waals surface area contributed by atoms with Gasteiger partial charge in [-0.2, -0.15) is 13.2 Å². The Bertz CT molecular complexity index is 934. The minimum atomic E-state index is -5.08. The molecule has 3 heterocycles. The molecular formula is C18H22F4N2O7S. The van der Waals surface area contributed by atoms with Crippen LogP contribution < -0.4 is 4.74 Å². The highest BCUT2D eigenvalue weighted by atomic mass is 32.2. The third-order valence-corrected chi connectivity index (χ3v) is 5.64. The Morgan fingerprint density at radius 2 is 2.00 bits per heavy atom. The molecule has 1 spiro atoms. The first-order valence-corrected chi connectivity index (χ1v) is 11.4. The number of aliphatic carboxylic acids is 1. The predicted octanol–water partition coefficient (Wildman–Crippen LogP) is 1.43. The standard InChI is InChI=1S/C16H21FN2O5S.C2HF3O2/c1-25(21,22)8-5-14(20)19-10-16(11-19)9-12(4-7-23-16)24-15-13(17)3-2-6-18-15;3-2(4,5)1(6)7/h2-3,6,12H,4-5,7-11H2,1H3;(H,6,7). The third kappa shape index (κ3) is 7.58. The molecule has 9 nitrogen and oxygen atoms in total. The maximum Gasteiger partial charge on any atom is 0.490 e. The number of sulfone groups is 1. The summed E-state index contributed by atoms with van der Waals surface area (Å²) in [6, 6.07) is 2.79. The number of rotatable bonds is 5. The van der Waals surface area contributed by atoms with Crippen LogP contribution in [0.5, 0.6) is 5.88 Å². The Balaban J connectivity index is 0.000000451. The highest BCUT2D eigenvalue weighted by molar-refractivity contribution is 7.90. The quantitative estimate of drug-likeness (QED) is 0.620. The molecule has 1 aromatic heterocycles. The van der Waals surface area contributed by atoms with Crippen molar-refractivity contribution in [3.05, 3.63) is 24.1 Å². The lowest BCUT2D eigenvalue weighted by Crippen LogP contribution is -2.67. The third-order valence-electron chi connectivity index (χ3n) is 4.69. The van der Waals surface area contributed by atoms with E-state index in [4.69, 9.17) is 19.4 Å². The molecule has 1 atom stereocenters. The molecule has 0 saturated carbocycles. The summed E-state index contributed by atoms with van der Waals surface area (Å²) in [5.41, 5.74) is -0.491. The zero-order chi connectivity index (χ0) is 24.2. The number of carboxylic acids is 1. The Kier molecular flexibility index (Phi) is 8.04. The van der Waals surface area contributed by atoms with Gasteiger partial charge in [-0.25, -0.2) is 22.6 Å². The number of likely N-dealkylation sites (tertiary alicyclic amines) is 1. The van der Waals surface area contributed by atoms with Crippen LogP contribution in [0.3, 0.4) is 0 Å². The van der Waals surface area contributed by atoms with Crippen LogP contribution in [-0.2, 0) is 24.2 Å². The number of carbonyl (C=O) groups is 2. The highest BCUT2D eigenvalue weighted by Crippen LogP contribution is 2.36. The van der Waals surface area contributed by atoms with E-state index in [0.29, 0.717) is 32.5 Å². The van der Waals surface area contributed by atoms with Gasteiger partial charge in [0.15, 0.2) is 5.82 Å². The number of carbonyl (C=O) groups excluding carboxylic acids is 1. The number of hydrogen-bond donors (Lipinski definition) is 1. The van der Waals surface area contributed by atoms with Crippen LogP contribution in [-0.4, -0.2) is 84.9 Å². The van der Waals surface area contributed by atoms with E-state index in [1.807, 2.05) is 0 Å². The number of aromatic nitrogens is 1. The van der Waals surface area contributed by atoms with Crippen molar-refractivity contribution in [2.45, 2.75) is 37.1 Å². The van der Waals surface area contributed by atoms with E-state index in [1.54, 1.807) is 4.90 Å². The van der Waals surface area contributed by atoms with E-state index in [2.05, 4.69) is 4.98 Å². The number of nitrogens with zero attached hydrogens (tertiary/aromatic N) is 2. The van der Waals surface area contributed by atoms with Crippen LogP contribution >= 0.6 is 0 Å². The van der Waals surface area contributed by atoms with Gasteiger partial charge in [-0.1, -0.05) is 0 Å². The van der Waals surface area contributed by atoms with E-state index in [1.165, 1.54) is 18.3 Å². The van der Waals surface area contributed by atoms with Crippen molar-refractivity contribution in [3.63, 3.8) is 0 Å². The summed E-state index contributed by atoms with van der Waals surface area (Å²) in [5, 5.41) is 7.12. The number of pyridine rings is 1. The maximum atomic E-state index is 13.7.